The molecule has 0 spiro atoms. The number of hydrogen-bond donors (Lipinski definition) is 2. The Hall–Kier alpha value is -3.15. The molecule has 0 fully saturated rings. The molecule has 28 heavy (non-hydrogen) atoms. The molecule has 3 aromatic rings. The molecular formula is C22H25FN4O. The van der Waals surface area contributed by atoms with Crippen LogP contribution in [0, 0.1) is 12.7 Å². The SMILES string of the molecule is Cc1cc(NCCc2ccc(F)cc2)nc(Nc2ccccc2OC(C)C)n1. The predicted octanol–water partition coefficient (Wildman–Crippen LogP) is 5.11. The summed E-state index contributed by atoms with van der Waals surface area (Å²) in [5.41, 5.74) is 2.74. The fourth-order valence-electron chi connectivity index (χ4n) is 2.75. The molecule has 0 saturated heterocycles. The zero-order valence-electron chi connectivity index (χ0n) is 16.4. The van der Waals surface area contributed by atoms with Crippen LogP contribution in [0.25, 0.3) is 0 Å². The monoisotopic (exact) mass is 380 g/mol. The third-order valence-electron chi connectivity index (χ3n) is 3.98. The highest BCUT2D eigenvalue weighted by atomic mass is 19.1. The zero-order chi connectivity index (χ0) is 19.9. The third-order valence-corrected chi connectivity index (χ3v) is 3.98. The fourth-order valence-corrected chi connectivity index (χ4v) is 2.75. The minimum atomic E-state index is -0.222. The van der Waals surface area contributed by atoms with E-state index in [1.807, 2.05) is 51.1 Å². The molecular weight excluding hydrogens is 355 g/mol. The number of aromatic nitrogens is 2. The quantitative estimate of drug-likeness (QED) is 0.569. The van der Waals surface area contributed by atoms with Crippen molar-refractivity contribution in [1.82, 2.24) is 9.97 Å². The molecule has 5 nitrogen and oxygen atoms in total. The molecule has 1 aromatic heterocycles. The number of anilines is 3. The number of halogens is 1. The van der Waals surface area contributed by atoms with Gasteiger partial charge in [-0.15, -0.1) is 0 Å². The molecule has 0 aliphatic heterocycles. The first-order valence-electron chi connectivity index (χ1n) is 9.36. The highest BCUT2D eigenvalue weighted by molar-refractivity contribution is 5.63. The lowest BCUT2D eigenvalue weighted by Crippen LogP contribution is -2.10. The highest BCUT2D eigenvalue weighted by Gasteiger charge is 2.08. The predicted molar refractivity (Wildman–Crippen MR) is 111 cm³/mol. The minimum absolute atomic E-state index is 0.0741. The largest absolute Gasteiger partial charge is 0.489 e. The van der Waals surface area contributed by atoms with Gasteiger partial charge in [0.25, 0.3) is 0 Å². The molecule has 0 unspecified atom stereocenters. The Bertz CT molecular complexity index is 913. The van der Waals surface area contributed by atoms with Crippen LogP contribution in [0.3, 0.4) is 0 Å². The summed E-state index contributed by atoms with van der Waals surface area (Å²) in [6, 6.07) is 16.2. The normalized spacial score (nSPS) is 10.8. The van der Waals surface area contributed by atoms with Gasteiger partial charge < -0.3 is 15.4 Å². The Kier molecular flexibility index (Phi) is 6.42. The van der Waals surface area contributed by atoms with E-state index in [1.54, 1.807) is 12.1 Å². The van der Waals surface area contributed by atoms with Gasteiger partial charge >= 0.3 is 0 Å². The Morgan fingerprint density at radius 2 is 1.79 bits per heavy atom. The number of ether oxygens (including phenoxy) is 1. The fraction of sp³-hybridized carbons (Fsp3) is 0.273. The lowest BCUT2D eigenvalue weighted by atomic mass is 10.1. The van der Waals surface area contributed by atoms with E-state index in [-0.39, 0.29) is 11.9 Å². The standard InChI is InChI=1S/C22H25FN4O/c1-15(2)28-20-7-5-4-6-19(20)26-22-25-16(3)14-21(27-22)24-13-12-17-8-10-18(23)11-9-17/h4-11,14-15H,12-13H2,1-3H3,(H2,24,25,26,27). The van der Waals surface area contributed by atoms with Crippen LogP contribution >= 0.6 is 0 Å². The van der Waals surface area contributed by atoms with E-state index in [4.69, 9.17) is 4.74 Å². The Labute approximate surface area is 165 Å². The van der Waals surface area contributed by atoms with Crippen LogP contribution in [0.2, 0.25) is 0 Å². The Balaban J connectivity index is 1.67. The number of nitrogens with one attached hydrogen (secondary N) is 2. The van der Waals surface area contributed by atoms with Gasteiger partial charge in [0.1, 0.15) is 17.4 Å². The summed E-state index contributed by atoms with van der Waals surface area (Å²) in [5, 5.41) is 6.55. The molecule has 3 rings (SSSR count). The van der Waals surface area contributed by atoms with Gasteiger partial charge in [-0.1, -0.05) is 24.3 Å². The van der Waals surface area contributed by atoms with Crippen LogP contribution in [-0.4, -0.2) is 22.6 Å². The van der Waals surface area contributed by atoms with Crippen LogP contribution in [-0.2, 0) is 6.42 Å². The molecule has 6 heteroatoms. The molecule has 0 saturated carbocycles. The van der Waals surface area contributed by atoms with Crippen LogP contribution in [0.5, 0.6) is 5.75 Å². The van der Waals surface area contributed by atoms with E-state index in [2.05, 4.69) is 20.6 Å². The first-order chi connectivity index (χ1) is 13.5. The summed E-state index contributed by atoms with van der Waals surface area (Å²) < 4.78 is 18.8. The molecule has 2 aromatic carbocycles. The summed E-state index contributed by atoms with van der Waals surface area (Å²) in [7, 11) is 0. The van der Waals surface area contributed by atoms with Crippen molar-refractivity contribution < 1.29 is 9.13 Å². The molecule has 0 aliphatic rings. The lowest BCUT2D eigenvalue weighted by Gasteiger charge is -2.15. The van der Waals surface area contributed by atoms with Gasteiger partial charge in [-0.25, -0.2) is 9.37 Å². The van der Waals surface area contributed by atoms with Crippen LogP contribution in [0.1, 0.15) is 25.1 Å². The number of benzene rings is 2. The molecule has 0 bridgehead atoms. The number of hydrogen-bond acceptors (Lipinski definition) is 5. The Morgan fingerprint density at radius 3 is 2.54 bits per heavy atom. The Morgan fingerprint density at radius 1 is 1.04 bits per heavy atom. The molecule has 0 radical (unpaired) electrons. The van der Waals surface area contributed by atoms with Gasteiger partial charge in [0.15, 0.2) is 0 Å². The average molecular weight is 380 g/mol. The zero-order valence-corrected chi connectivity index (χ0v) is 16.4. The maximum atomic E-state index is 13.0. The first kappa shape index (κ1) is 19.6. The van der Waals surface area contributed by atoms with Crippen molar-refractivity contribution >= 4 is 17.5 Å². The van der Waals surface area contributed by atoms with Gasteiger partial charge in [-0.05, 0) is 57.0 Å². The van der Waals surface area contributed by atoms with Crippen molar-refractivity contribution in [3.8, 4) is 5.75 Å². The third kappa shape index (κ3) is 5.67. The second-order valence-corrected chi connectivity index (χ2v) is 6.81. The van der Waals surface area contributed by atoms with Crippen molar-refractivity contribution in [2.75, 3.05) is 17.2 Å². The van der Waals surface area contributed by atoms with Crippen LogP contribution < -0.4 is 15.4 Å². The van der Waals surface area contributed by atoms with Gasteiger partial charge in [-0.3, -0.25) is 0 Å². The van der Waals surface area contributed by atoms with Crippen molar-refractivity contribution in [3.63, 3.8) is 0 Å². The summed E-state index contributed by atoms with van der Waals surface area (Å²) in [4.78, 5) is 9.01. The molecule has 2 N–H and O–H groups in total. The number of nitrogens with zero attached hydrogens (tertiary/aromatic N) is 2. The van der Waals surface area contributed by atoms with Crippen LogP contribution in [0.15, 0.2) is 54.6 Å². The van der Waals surface area contributed by atoms with Crippen molar-refractivity contribution in [3.05, 3.63) is 71.7 Å². The van der Waals surface area contributed by atoms with Gasteiger partial charge in [0.05, 0.1) is 11.8 Å². The smallest absolute Gasteiger partial charge is 0.229 e. The second kappa shape index (κ2) is 9.17. The first-order valence-corrected chi connectivity index (χ1v) is 9.36. The van der Waals surface area contributed by atoms with E-state index in [1.165, 1.54) is 12.1 Å². The summed E-state index contributed by atoms with van der Waals surface area (Å²) in [6.45, 7) is 6.59. The molecule has 0 atom stereocenters. The lowest BCUT2D eigenvalue weighted by molar-refractivity contribution is 0.244. The van der Waals surface area contributed by atoms with E-state index in [9.17, 15) is 4.39 Å². The summed E-state index contributed by atoms with van der Waals surface area (Å²) >= 11 is 0. The maximum absolute atomic E-state index is 13.0. The summed E-state index contributed by atoms with van der Waals surface area (Å²) in [5.74, 6) is 1.78. The van der Waals surface area contributed by atoms with Crippen molar-refractivity contribution in [2.24, 2.45) is 0 Å². The number of rotatable bonds is 8. The molecule has 146 valence electrons. The van der Waals surface area contributed by atoms with E-state index in [0.717, 1.165) is 34.9 Å². The number of aryl methyl sites for hydroxylation is 1. The molecule has 1 heterocycles. The topological polar surface area (TPSA) is 59.1 Å². The van der Waals surface area contributed by atoms with Gasteiger partial charge in [0, 0.05) is 18.3 Å². The summed E-state index contributed by atoms with van der Waals surface area (Å²) in [6.07, 6.45) is 0.849. The van der Waals surface area contributed by atoms with Gasteiger partial charge in [0.2, 0.25) is 5.95 Å². The van der Waals surface area contributed by atoms with Crippen molar-refractivity contribution in [2.45, 2.75) is 33.3 Å². The van der Waals surface area contributed by atoms with E-state index in [0.29, 0.717) is 12.5 Å². The highest BCUT2D eigenvalue weighted by Crippen LogP contribution is 2.27. The maximum Gasteiger partial charge on any atom is 0.229 e. The molecule has 0 aliphatic carbocycles. The van der Waals surface area contributed by atoms with E-state index < -0.39 is 0 Å². The average Bonchev–Trinajstić information content (AvgIpc) is 2.64. The van der Waals surface area contributed by atoms with Crippen molar-refractivity contribution in [1.29, 1.82) is 0 Å². The number of para-hydroxylation sites is 2. The molecule has 0 amide bonds. The minimum Gasteiger partial charge on any atom is -0.489 e. The van der Waals surface area contributed by atoms with E-state index >= 15 is 0 Å². The van der Waals surface area contributed by atoms with Crippen LogP contribution in [0.4, 0.5) is 21.8 Å². The second-order valence-electron chi connectivity index (χ2n) is 6.81. The van der Waals surface area contributed by atoms with Gasteiger partial charge in [-0.2, -0.15) is 4.98 Å².